The molecule has 0 aliphatic heterocycles. The number of aryl methyl sites for hydroxylation is 1. The van der Waals surface area contributed by atoms with Gasteiger partial charge >= 0.3 is 0 Å². The Kier molecular flexibility index (Phi) is 6.77. The van der Waals surface area contributed by atoms with E-state index < -0.39 is 17.5 Å². The largest absolute Gasteiger partial charge is 0.352 e. The molecule has 0 unspecified atom stereocenters. The van der Waals surface area contributed by atoms with Gasteiger partial charge in [-0.2, -0.15) is 0 Å². The van der Waals surface area contributed by atoms with E-state index in [0.717, 1.165) is 23.3 Å². The molecule has 0 radical (unpaired) electrons. The summed E-state index contributed by atoms with van der Waals surface area (Å²) >= 11 is 1.37. The van der Waals surface area contributed by atoms with Crippen molar-refractivity contribution in [2.24, 2.45) is 0 Å². The van der Waals surface area contributed by atoms with Crippen LogP contribution in [-0.4, -0.2) is 15.9 Å². The molecule has 0 bridgehead atoms. The molecule has 150 valence electrons. The summed E-state index contributed by atoms with van der Waals surface area (Å²) < 4.78 is 26.6. The molecule has 1 aromatic heterocycles. The van der Waals surface area contributed by atoms with Crippen molar-refractivity contribution in [2.75, 3.05) is 0 Å². The predicted octanol–water partition coefficient (Wildman–Crippen LogP) is 3.51. The minimum Gasteiger partial charge on any atom is -0.352 e. The number of aromatic amines is 1. The molecule has 8 heteroatoms. The predicted molar refractivity (Wildman–Crippen MR) is 108 cm³/mol. The molecule has 0 aliphatic rings. The lowest BCUT2D eigenvalue weighted by Crippen LogP contribution is -2.26. The molecule has 0 spiro atoms. The maximum absolute atomic E-state index is 13.6. The van der Waals surface area contributed by atoms with Gasteiger partial charge in [0.1, 0.15) is 11.6 Å². The quantitative estimate of drug-likeness (QED) is 0.458. The van der Waals surface area contributed by atoms with Gasteiger partial charge in [-0.25, -0.2) is 13.8 Å². The van der Waals surface area contributed by atoms with Crippen LogP contribution >= 0.6 is 11.8 Å². The van der Waals surface area contributed by atoms with E-state index in [1.807, 2.05) is 25.1 Å². The van der Waals surface area contributed by atoms with E-state index in [1.165, 1.54) is 23.9 Å². The Morgan fingerprint density at radius 3 is 2.76 bits per heavy atom. The summed E-state index contributed by atoms with van der Waals surface area (Å²) in [6.07, 6.45) is -0.120. The summed E-state index contributed by atoms with van der Waals surface area (Å²) in [4.78, 5) is 31.0. The number of rotatable bonds is 7. The standard InChI is InChI=1S/C21H19F2N3O2S/c1-13-3-2-4-14(7-13)12-29-21-25-17(10-20(28)26-21)9-19(27)24-11-15-5-6-16(22)8-18(15)23/h2-8,10H,9,11-12H2,1H3,(H,24,27)(H,25,26,28). The van der Waals surface area contributed by atoms with Gasteiger partial charge < -0.3 is 10.3 Å². The fraction of sp³-hybridized carbons (Fsp3) is 0.190. The van der Waals surface area contributed by atoms with E-state index in [9.17, 15) is 18.4 Å². The summed E-state index contributed by atoms with van der Waals surface area (Å²) in [5.41, 5.74) is 2.39. The maximum atomic E-state index is 13.6. The van der Waals surface area contributed by atoms with Gasteiger partial charge in [-0.05, 0) is 18.6 Å². The van der Waals surface area contributed by atoms with Crippen LogP contribution in [0.2, 0.25) is 0 Å². The number of thioether (sulfide) groups is 1. The number of hydrogen-bond acceptors (Lipinski definition) is 4. The molecule has 0 saturated heterocycles. The zero-order valence-corrected chi connectivity index (χ0v) is 16.5. The third-order valence-electron chi connectivity index (χ3n) is 4.06. The van der Waals surface area contributed by atoms with Gasteiger partial charge in [0.25, 0.3) is 5.56 Å². The van der Waals surface area contributed by atoms with Gasteiger partial charge in [-0.15, -0.1) is 0 Å². The van der Waals surface area contributed by atoms with Crippen LogP contribution in [0.4, 0.5) is 8.78 Å². The van der Waals surface area contributed by atoms with Gasteiger partial charge in [0.15, 0.2) is 5.16 Å². The van der Waals surface area contributed by atoms with Crippen LogP contribution in [0, 0.1) is 18.6 Å². The monoisotopic (exact) mass is 415 g/mol. The lowest BCUT2D eigenvalue weighted by molar-refractivity contribution is -0.120. The first kappa shape index (κ1) is 20.7. The van der Waals surface area contributed by atoms with E-state index >= 15 is 0 Å². The molecule has 0 fully saturated rings. The maximum Gasteiger partial charge on any atom is 0.251 e. The van der Waals surface area contributed by atoms with Crippen molar-refractivity contribution in [3.8, 4) is 0 Å². The number of aromatic nitrogens is 2. The van der Waals surface area contributed by atoms with Gasteiger partial charge in [0.2, 0.25) is 5.91 Å². The summed E-state index contributed by atoms with van der Waals surface area (Å²) in [5.74, 6) is -1.19. The van der Waals surface area contributed by atoms with Crippen LogP contribution in [0.3, 0.4) is 0 Å². The number of carbonyl (C=O) groups excluding carboxylic acids is 1. The zero-order chi connectivity index (χ0) is 20.8. The Balaban J connectivity index is 1.60. The second-order valence-electron chi connectivity index (χ2n) is 6.51. The third kappa shape index (κ3) is 6.25. The molecule has 3 aromatic rings. The molecule has 1 heterocycles. The fourth-order valence-corrected chi connectivity index (χ4v) is 3.52. The van der Waals surface area contributed by atoms with Gasteiger partial charge in [0.05, 0.1) is 12.1 Å². The number of amides is 1. The first-order chi connectivity index (χ1) is 13.9. The van der Waals surface area contributed by atoms with Gasteiger partial charge in [0, 0.05) is 30.0 Å². The number of hydrogen-bond donors (Lipinski definition) is 2. The minimum absolute atomic E-state index is 0.0803. The average Bonchev–Trinajstić information content (AvgIpc) is 2.65. The smallest absolute Gasteiger partial charge is 0.251 e. The van der Waals surface area contributed by atoms with E-state index in [4.69, 9.17) is 0 Å². The summed E-state index contributed by atoms with van der Waals surface area (Å²) in [6.45, 7) is 1.93. The second-order valence-corrected chi connectivity index (χ2v) is 7.47. The molecule has 0 aliphatic carbocycles. The zero-order valence-electron chi connectivity index (χ0n) is 15.7. The van der Waals surface area contributed by atoms with E-state index in [0.29, 0.717) is 16.6 Å². The number of nitrogens with one attached hydrogen (secondary N) is 2. The van der Waals surface area contributed by atoms with Crippen molar-refractivity contribution in [1.82, 2.24) is 15.3 Å². The average molecular weight is 415 g/mol. The first-order valence-corrected chi connectivity index (χ1v) is 9.87. The van der Waals surface area contributed by atoms with Gasteiger partial charge in [-0.1, -0.05) is 47.7 Å². The highest BCUT2D eigenvalue weighted by Crippen LogP contribution is 2.19. The lowest BCUT2D eigenvalue weighted by Gasteiger charge is -2.07. The van der Waals surface area contributed by atoms with E-state index in [2.05, 4.69) is 21.4 Å². The summed E-state index contributed by atoms with van der Waals surface area (Å²) in [5, 5.41) is 2.97. The van der Waals surface area contributed by atoms with Crippen LogP contribution < -0.4 is 10.9 Å². The first-order valence-electron chi connectivity index (χ1n) is 8.88. The lowest BCUT2D eigenvalue weighted by atomic mass is 10.2. The van der Waals surface area contributed by atoms with Crippen LogP contribution in [0.1, 0.15) is 22.4 Å². The minimum atomic E-state index is -0.727. The Hall–Kier alpha value is -3.00. The molecule has 1 amide bonds. The summed E-state index contributed by atoms with van der Waals surface area (Å²) in [6, 6.07) is 12.4. The van der Waals surface area contributed by atoms with E-state index in [-0.39, 0.29) is 24.1 Å². The molecule has 3 rings (SSSR count). The van der Waals surface area contributed by atoms with Crippen molar-refractivity contribution in [2.45, 2.75) is 30.8 Å². The molecule has 5 nitrogen and oxygen atoms in total. The number of benzene rings is 2. The Bertz CT molecular complexity index is 1090. The molecular formula is C21H19F2N3O2S. The van der Waals surface area contributed by atoms with Crippen LogP contribution in [0.25, 0.3) is 0 Å². The Labute approximate surface area is 170 Å². The number of H-pyrrole nitrogens is 1. The third-order valence-corrected chi connectivity index (χ3v) is 5.01. The Morgan fingerprint density at radius 1 is 1.17 bits per heavy atom. The summed E-state index contributed by atoms with van der Waals surface area (Å²) in [7, 11) is 0. The van der Waals surface area contributed by atoms with Gasteiger partial charge in [-0.3, -0.25) is 9.59 Å². The van der Waals surface area contributed by atoms with Crippen molar-refractivity contribution >= 4 is 17.7 Å². The van der Waals surface area contributed by atoms with Crippen LogP contribution in [0.15, 0.2) is 58.5 Å². The Morgan fingerprint density at radius 2 is 2.00 bits per heavy atom. The molecule has 29 heavy (non-hydrogen) atoms. The van der Waals surface area contributed by atoms with Crippen molar-refractivity contribution in [3.05, 3.63) is 92.9 Å². The van der Waals surface area contributed by atoms with E-state index in [1.54, 1.807) is 0 Å². The highest BCUT2D eigenvalue weighted by atomic mass is 32.2. The topological polar surface area (TPSA) is 74.8 Å². The number of carbonyl (C=O) groups is 1. The van der Waals surface area contributed by atoms with Crippen molar-refractivity contribution in [1.29, 1.82) is 0 Å². The molecule has 0 atom stereocenters. The van der Waals surface area contributed by atoms with Crippen molar-refractivity contribution in [3.63, 3.8) is 0 Å². The number of halogens is 2. The molecule has 2 aromatic carbocycles. The highest BCUT2D eigenvalue weighted by Gasteiger charge is 2.10. The van der Waals surface area contributed by atoms with Crippen LogP contribution in [0.5, 0.6) is 0 Å². The molecule has 2 N–H and O–H groups in total. The SMILES string of the molecule is Cc1cccc(CSc2nc(CC(=O)NCc3ccc(F)cc3F)cc(=O)[nH]2)c1. The second kappa shape index (κ2) is 9.47. The number of nitrogens with zero attached hydrogens (tertiary/aromatic N) is 1. The molecule has 0 saturated carbocycles. The van der Waals surface area contributed by atoms with Crippen molar-refractivity contribution < 1.29 is 13.6 Å². The molecular weight excluding hydrogens is 396 g/mol. The van der Waals surface area contributed by atoms with Crippen LogP contribution in [-0.2, 0) is 23.5 Å². The normalized spacial score (nSPS) is 10.7. The fourth-order valence-electron chi connectivity index (χ4n) is 2.68. The highest BCUT2D eigenvalue weighted by molar-refractivity contribution is 7.98.